The van der Waals surface area contributed by atoms with Crippen LogP contribution in [0, 0.1) is 5.82 Å². The summed E-state index contributed by atoms with van der Waals surface area (Å²) in [4.78, 5) is 0. The van der Waals surface area contributed by atoms with Gasteiger partial charge in [-0.15, -0.1) is 10.2 Å². The second-order valence-corrected chi connectivity index (χ2v) is 5.33. The van der Waals surface area contributed by atoms with Crippen molar-refractivity contribution < 1.29 is 9.13 Å². The predicted octanol–water partition coefficient (Wildman–Crippen LogP) is 3.17. The largest absolute Gasteiger partial charge is 0.493 e. The number of nitrogens with zero attached hydrogens (tertiary/aromatic N) is 3. The molecular formula is C13H16FN3OS. The standard InChI is InChI=1S/C13H16FN3OS/c1-10(2)17-9-15-16-13(17)19-7-6-18-12-5-3-4-11(14)8-12/h3-5,8-10H,6-7H2,1-2H3. The SMILES string of the molecule is CC(C)n1cnnc1SCCOc1cccc(F)c1. The van der Waals surface area contributed by atoms with E-state index in [-0.39, 0.29) is 5.82 Å². The molecule has 1 aromatic carbocycles. The zero-order chi connectivity index (χ0) is 13.7. The molecule has 6 heteroatoms. The lowest BCUT2D eigenvalue weighted by Gasteiger charge is -2.09. The molecule has 0 fully saturated rings. The van der Waals surface area contributed by atoms with Crippen LogP contribution in [0.5, 0.6) is 5.75 Å². The zero-order valence-electron chi connectivity index (χ0n) is 10.9. The summed E-state index contributed by atoms with van der Waals surface area (Å²) >= 11 is 1.58. The quantitative estimate of drug-likeness (QED) is 0.602. The van der Waals surface area contributed by atoms with Crippen LogP contribution in [-0.2, 0) is 0 Å². The zero-order valence-corrected chi connectivity index (χ0v) is 11.7. The Balaban J connectivity index is 1.79. The summed E-state index contributed by atoms with van der Waals surface area (Å²) in [5.41, 5.74) is 0. The minimum absolute atomic E-state index is 0.287. The number of hydrogen-bond donors (Lipinski definition) is 0. The first-order valence-electron chi connectivity index (χ1n) is 6.07. The van der Waals surface area contributed by atoms with Gasteiger partial charge in [0.15, 0.2) is 5.16 Å². The fourth-order valence-electron chi connectivity index (χ4n) is 1.54. The number of benzene rings is 1. The molecule has 0 bridgehead atoms. The molecule has 0 aliphatic carbocycles. The lowest BCUT2D eigenvalue weighted by Crippen LogP contribution is -2.04. The minimum Gasteiger partial charge on any atom is -0.493 e. The van der Waals surface area contributed by atoms with Gasteiger partial charge >= 0.3 is 0 Å². The molecule has 0 saturated carbocycles. The van der Waals surface area contributed by atoms with E-state index < -0.39 is 0 Å². The fraction of sp³-hybridized carbons (Fsp3) is 0.385. The Morgan fingerprint density at radius 1 is 1.42 bits per heavy atom. The van der Waals surface area contributed by atoms with Crippen LogP contribution in [0.25, 0.3) is 0 Å². The number of halogens is 1. The van der Waals surface area contributed by atoms with Crippen molar-refractivity contribution in [2.45, 2.75) is 25.0 Å². The van der Waals surface area contributed by atoms with Crippen molar-refractivity contribution in [1.82, 2.24) is 14.8 Å². The summed E-state index contributed by atoms with van der Waals surface area (Å²) in [6.45, 7) is 4.66. The topological polar surface area (TPSA) is 39.9 Å². The predicted molar refractivity (Wildman–Crippen MR) is 73.0 cm³/mol. The highest BCUT2D eigenvalue weighted by atomic mass is 32.2. The molecule has 4 nitrogen and oxygen atoms in total. The second-order valence-electron chi connectivity index (χ2n) is 4.27. The monoisotopic (exact) mass is 281 g/mol. The molecule has 0 aliphatic rings. The fourth-order valence-corrected chi connectivity index (χ4v) is 2.40. The van der Waals surface area contributed by atoms with E-state index in [1.807, 2.05) is 4.57 Å². The van der Waals surface area contributed by atoms with Crippen LogP contribution in [0.1, 0.15) is 19.9 Å². The van der Waals surface area contributed by atoms with Crippen LogP contribution >= 0.6 is 11.8 Å². The van der Waals surface area contributed by atoms with E-state index in [2.05, 4.69) is 24.0 Å². The van der Waals surface area contributed by atoms with E-state index in [4.69, 9.17) is 4.74 Å². The Labute approximate surface area is 116 Å². The van der Waals surface area contributed by atoms with E-state index in [1.54, 1.807) is 30.2 Å². The first-order chi connectivity index (χ1) is 9.16. The maximum atomic E-state index is 12.9. The molecule has 2 aromatic rings. The highest BCUT2D eigenvalue weighted by molar-refractivity contribution is 7.99. The Hall–Kier alpha value is -1.56. The highest BCUT2D eigenvalue weighted by Crippen LogP contribution is 2.19. The van der Waals surface area contributed by atoms with Gasteiger partial charge in [0.1, 0.15) is 17.9 Å². The highest BCUT2D eigenvalue weighted by Gasteiger charge is 2.07. The van der Waals surface area contributed by atoms with E-state index in [0.29, 0.717) is 18.4 Å². The van der Waals surface area contributed by atoms with Crippen LogP contribution in [0.4, 0.5) is 4.39 Å². The van der Waals surface area contributed by atoms with E-state index >= 15 is 0 Å². The summed E-state index contributed by atoms with van der Waals surface area (Å²) in [6, 6.07) is 6.48. The molecule has 0 atom stereocenters. The first-order valence-corrected chi connectivity index (χ1v) is 7.06. The van der Waals surface area contributed by atoms with E-state index in [1.165, 1.54) is 12.1 Å². The average Bonchev–Trinajstić information content (AvgIpc) is 2.83. The molecule has 0 amide bonds. The number of ether oxygens (including phenoxy) is 1. The van der Waals surface area contributed by atoms with Gasteiger partial charge in [-0.25, -0.2) is 4.39 Å². The third kappa shape index (κ3) is 3.96. The summed E-state index contributed by atoms with van der Waals surface area (Å²) in [6.07, 6.45) is 1.72. The van der Waals surface area contributed by atoms with Crippen molar-refractivity contribution in [1.29, 1.82) is 0 Å². The minimum atomic E-state index is -0.287. The number of hydrogen-bond acceptors (Lipinski definition) is 4. The molecule has 0 unspecified atom stereocenters. The van der Waals surface area contributed by atoms with Gasteiger partial charge in [-0.1, -0.05) is 17.8 Å². The Morgan fingerprint density at radius 2 is 2.26 bits per heavy atom. The number of aromatic nitrogens is 3. The summed E-state index contributed by atoms with van der Waals surface area (Å²) in [5.74, 6) is 0.998. The molecule has 102 valence electrons. The summed E-state index contributed by atoms with van der Waals surface area (Å²) in [7, 11) is 0. The smallest absolute Gasteiger partial charge is 0.191 e. The van der Waals surface area contributed by atoms with Crippen molar-refractivity contribution >= 4 is 11.8 Å². The van der Waals surface area contributed by atoms with Crippen molar-refractivity contribution in [2.24, 2.45) is 0 Å². The lowest BCUT2D eigenvalue weighted by molar-refractivity contribution is 0.341. The van der Waals surface area contributed by atoms with Crippen LogP contribution < -0.4 is 4.74 Å². The molecule has 0 saturated heterocycles. The Morgan fingerprint density at radius 3 is 3.00 bits per heavy atom. The van der Waals surface area contributed by atoms with Crippen LogP contribution in [-0.4, -0.2) is 27.1 Å². The van der Waals surface area contributed by atoms with E-state index in [0.717, 1.165) is 10.9 Å². The second kappa shape index (κ2) is 6.56. The van der Waals surface area contributed by atoms with Crippen molar-refractivity contribution in [3.8, 4) is 5.75 Å². The maximum Gasteiger partial charge on any atom is 0.191 e. The molecule has 0 aliphatic heterocycles. The van der Waals surface area contributed by atoms with Gasteiger partial charge < -0.3 is 9.30 Å². The average molecular weight is 281 g/mol. The van der Waals surface area contributed by atoms with Gasteiger partial charge in [0.2, 0.25) is 0 Å². The molecule has 2 rings (SSSR count). The van der Waals surface area contributed by atoms with Crippen LogP contribution in [0.3, 0.4) is 0 Å². The normalized spacial score (nSPS) is 10.9. The van der Waals surface area contributed by atoms with Gasteiger partial charge in [-0.3, -0.25) is 0 Å². The van der Waals surface area contributed by atoms with Crippen molar-refractivity contribution in [3.63, 3.8) is 0 Å². The van der Waals surface area contributed by atoms with Crippen LogP contribution in [0.2, 0.25) is 0 Å². The molecule has 0 spiro atoms. The number of rotatable bonds is 6. The molecule has 0 N–H and O–H groups in total. The van der Waals surface area contributed by atoms with Gasteiger partial charge in [0, 0.05) is 17.9 Å². The Bertz CT molecular complexity index is 530. The molecule has 1 heterocycles. The number of thioether (sulfide) groups is 1. The molecule has 1 aromatic heterocycles. The van der Waals surface area contributed by atoms with Crippen molar-refractivity contribution in [3.05, 3.63) is 36.4 Å². The molecule has 0 radical (unpaired) electrons. The lowest BCUT2D eigenvalue weighted by atomic mass is 10.3. The third-order valence-corrected chi connectivity index (χ3v) is 3.40. The Kier molecular flexibility index (Phi) is 4.79. The summed E-state index contributed by atoms with van der Waals surface area (Å²) < 4.78 is 20.4. The van der Waals surface area contributed by atoms with Gasteiger partial charge in [-0.2, -0.15) is 0 Å². The summed E-state index contributed by atoms with van der Waals surface area (Å²) in [5, 5.41) is 8.82. The van der Waals surface area contributed by atoms with E-state index in [9.17, 15) is 4.39 Å². The van der Waals surface area contributed by atoms with Gasteiger partial charge in [-0.05, 0) is 26.0 Å². The first kappa shape index (κ1) is 13.9. The van der Waals surface area contributed by atoms with Gasteiger partial charge in [0.05, 0.1) is 6.61 Å². The maximum absolute atomic E-state index is 12.9. The van der Waals surface area contributed by atoms with Gasteiger partial charge in [0.25, 0.3) is 0 Å². The van der Waals surface area contributed by atoms with Crippen LogP contribution in [0.15, 0.2) is 35.7 Å². The molecular weight excluding hydrogens is 265 g/mol. The molecule has 19 heavy (non-hydrogen) atoms. The van der Waals surface area contributed by atoms with Crippen molar-refractivity contribution in [2.75, 3.05) is 12.4 Å². The third-order valence-electron chi connectivity index (χ3n) is 2.48.